The predicted molar refractivity (Wildman–Crippen MR) is 181 cm³/mol. The van der Waals surface area contributed by atoms with Gasteiger partial charge in [-0.25, -0.2) is 4.52 Å². The van der Waals surface area contributed by atoms with Crippen LogP contribution in [-0.4, -0.2) is 86.3 Å². The topological polar surface area (TPSA) is 118 Å². The monoisotopic (exact) mass is 638 g/mol. The van der Waals surface area contributed by atoms with Crippen LogP contribution in [0.1, 0.15) is 78.8 Å². The first kappa shape index (κ1) is 30.4. The maximum absolute atomic E-state index is 13.6. The summed E-state index contributed by atoms with van der Waals surface area (Å²) in [6.45, 7) is 5.84. The van der Waals surface area contributed by atoms with Crippen LogP contribution < -0.4 is 10.5 Å². The maximum atomic E-state index is 13.6. The van der Waals surface area contributed by atoms with E-state index in [1.54, 1.807) is 7.11 Å². The Morgan fingerprint density at radius 1 is 1.02 bits per heavy atom. The molecule has 10 nitrogen and oxygen atoms in total. The second kappa shape index (κ2) is 12.0. The maximum Gasteiger partial charge on any atom is 0.255 e. The van der Waals surface area contributed by atoms with Crippen LogP contribution in [-0.2, 0) is 11.3 Å². The summed E-state index contributed by atoms with van der Waals surface area (Å²) in [5, 5.41) is 16.1. The third kappa shape index (κ3) is 5.49. The normalized spacial score (nSPS) is 23.8. The number of likely N-dealkylation sites (tertiary alicyclic amines) is 2. The number of aromatic nitrogens is 3. The minimum absolute atomic E-state index is 0.00660. The molecule has 2 amide bonds. The Balaban J connectivity index is 1.15. The highest BCUT2D eigenvalue weighted by Gasteiger charge is 2.37. The summed E-state index contributed by atoms with van der Waals surface area (Å²) >= 11 is 0. The molecule has 2 aliphatic heterocycles. The number of para-hydroxylation sites is 1. The summed E-state index contributed by atoms with van der Waals surface area (Å²) in [6.07, 6.45) is 8.94. The van der Waals surface area contributed by atoms with Gasteiger partial charge in [-0.1, -0.05) is 18.2 Å². The van der Waals surface area contributed by atoms with Gasteiger partial charge >= 0.3 is 0 Å². The third-order valence-corrected chi connectivity index (χ3v) is 11.2. The van der Waals surface area contributed by atoms with Crippen molar-refractivity contribution in [2.45, 2.75) is 82.9 Å². The van der Waals surface area contributed by atoms with Crippen LogP contribution in [0.15, 0.2) is 36.5 Å². The molecule has 4 fully saturated rings. The number of piperidine rings is 2. The molecule has 3 aromatic heterocycles. The van der Waals surface area contributed by atoms with Crippen molar-refractivity contribution in [2.75, 3.05) is 33.3 Å². The molecule has 2 saturated carbocycles. The zero-order valence-corrected chi connectivity index (χ0v) is 27.5. The molecular weight excluding hydrogens is 592 g/mol. The number of rotatable bonds is 7. The van der Waals surface area contributed by atoms with Crippen molar-refractivity contribution >= 4 is 28.2 Å². The number of fused-ring (bicyclic) bond motifs is 2. The molecule has 3 N–H and O–H groups in total. The standard InChI is InChI=1S/C37H46N6O4/c1-22-33(39-43-20-27(18-32(47-2)34(22)43)37(46)41-12-4-6-28(38)21-41)31-17-25-5-3-7-30(35(25)42(31)19-23-8-9-23)24-10-13-40(14-11-24)36(45)26-15-29(44)16-26/h3,5,7,17-18,20,23-24,26,28-29,44H,4,6,8-16,19,21,38H2,1-2H3. The van der Waals surface area contributed by atoms with E-state index in [1.165, 1.54) is 29.3 Å². The lowest BCUT2D eigenvalue weighted by atomic mass is 9.80. The van der Waals surface area contributed by atoms with Gasteiger partial charge in [0, 0.05) is 61.8 Å². The highest BCUT2D eigenvalue weighted by Crippen LogP contribution is 2.42. The molecule has 5 heterocycles. The lowest BCUT2D eigenvalue weighted by molar-refractivity contribution is -0.143. The van der Waals surface area contributed by atoms with Crippen LogP contribution >= 0.6 is 0 Å². The van der Waals surface area contributed by atoms with Gasteiger partial charge in [0.15, 0.2) is 0 Å². The first-order valence-corrected chi connectivity index (χ1v) is 17.5. The number of aryl methyl sites for hydroxylation is 1. The Kier molecular flexibility index (Phi) is 7.75. The number of ether oxygens (including phenoxy) is 1. The highest BCUT2D eigenvalue weighted by atomic mass is 16.5. The number of amides is 2. The van der Waals surface area contributed by atoms with Gasteiger partial charge < -0.3 is 29.9 Å². The SMILES string of the molecule is COc1cc(C(=O)N2CCCC(N)C2)cn2nc(-c3cc4cccc(C5CCN(C(=O)C6CC(O)C6)CC5)c4n3CC3CC3)c(C)c12. The Morgan fingerprint density at radius 2 is 1.81 bits per heavy atom. The third-order valence-electron chi connectivity index (χ3n) is 11.2. The number of hydrogen-bond acceptors (Lipinski definition) is 6. The van der Waals surface area contributed by atoms with Crippen LogP contribution in [0, 0.1) is 18.8 Å². The van der Waals surface area contributed by atoms with E-state index in [0.717, 1.165) is 67.8 Å². The average molecular weight is 639 g/mol. The van der Waals surface area contributed by atoms with Crippen LogP contribution in [0.5, 0.6) is 5.75 Å². The molecule has 4 aliphatic rings. The van der Waals surface area contributed by atoms with Crippen molar-refractivity contribution in [3.63, 3.8) is 0 Å². The van der Waals surface area contributed by atoms with Crippen LogP contribution in [0.3, 0.4) is 0 Å². The second-order valence-electron chi connectivity index (χ2n) is 14.5. The molecule has 10 heteroatoms. The summed E-state index contributed by atoms with van der Waals surface area (Å²) in [7, 11) is 1.65. The molecule has 47 heavy (non-hydrogen) atoms. The lowest BCUT2D eigenvalue weighted by Crippen LogP contribution is -2.46. The van der Waals surface area contributed by atoms with Crippen LogP contribution in [0.25, 0.3) is 27.8 Å². The van der Waals surface area contributed by atoms with E-state index < -0.39 is 0 Å². The van der Waals surface area contributed by atoms with E-state index in [9.17, 15) is 14.7 Å². The Labute approximate surface area is 275 Å². The fraction of sp³-hybridized carbons (Fsp3) is 0.541. The molecule has 2 saturated heterocycles. The number of hydrogen-bond donors (Lipinski definition) is 2. The fourth-order valence-corrected chi connectivity index (χ4v) is 8.27. The molecule has 2 aliphatic carbocycles. The number of pyridine rings is 1. The van der Waals surface area contributed by atoms with Crippen LogP contribution in [0.2, 0.25) is 0 Å². The van der Waals surface area contributed by atoms with Gasteiger partial charge in [-0.3, -0.25) is 9.59 Å². The molecule has 248 valence electrons. The minimum Gasteiger partial charge on any atom is -0.494 e. The van der Waals surface area contributed by atoms with Crippen molar-refractivity contribution in [3.05, 3.63) is 53.2 Å². The number of benzene rings is 1. The fourth-order valence-electron chi connectivity index (χ4n) is 8.27. The summed E-state index contributed by atoms with van der Waals surface area (Å²) < 4.78 is 10.2. The number of carbonyl (C=O) groups is 2. The number of aliphatic hydroxyl groups excluding tert-OH is 1. The Hall–Kier alpha value is -3.89. The molecule has 1 unspecified atom stereocenters. The zero-order valence-electron chi connectivity index (χ0n) is 27.5. The first-order chi connectivity index (χ1) is 22.8. The van der Waals surface area contributed by atoms with Gasteiger partial charge in [-0.15, -0.1) is 0 Å². The van der Waals surface area contributed by atoms with Crippen molar-refractivity contribution in [3.8, 4) is 17.1 Å². The second-order valence-corrected chi connectivity index (χ2v) is 14.5. The van der Waals surface area contributed by atoms with Gasteiger partial charge in [0.25, 0.3) is 5.91 Å². The molecule has 1 aromatic carbocycles. The van der Waals surface area contributed by atoms with E-state index in [0.29, 0.717) is 49.1 Å². The van der Waals surface area contributed by atoms with Crippen molar-refractivity contribution in [1.29, 1.82) is 0 Å². The van der Waals surface area contributed by atoms with Gasteiger partial charge in [-0.05, 0) is 87.8 Å². The number of aliphatic hydroxyl groups is 1. The summed E-state index contributed by atoms with van der Waals surface area (Å²) in [4.78, 5) is 30.4. The minimum atomic E-state index is -0.311. The highest BCUT2D eigenvalue weighted by molar-refractivity contribution is 5.96. The predicted octanol–water partition coefficient (Wildman–Crippen LogP) is 4.72. The number of carbonyl (C=O) groups excluding carboxylic acids is 2. The van der Waals surface area contributed by atoms with Gasteiger partial charge in [0.05, 0.1) is 30.0 Å². The largest absolute Gasteiger partial charge is 0.494 e. The first-order valence-electron chi connectivity index (χ1n) is 17.5. The molecule has 0 bridgehead atoms. The molecule has 1 atom stereocenters. The number of methoxy groups -OCH3 is 1. The Bertz CT molecular complexity index is 1840. The van der Waals surface area contributed by atoms with Gasteiger partial charge in [0.2, 0.25) is 5.91 Å². The van der Waals surface area contributed by atoms with E-state index >= 15 is 0 Å². The summed E-state index contributed by atoms with van der Waals surface area (Å²) in [5.41, 5.74) is 13.3. The summed E-state index contributed by atoms with van der Waals surface area (Å²) in [6, 6.07) is 10.8. The van der Waals surface area contributed by atoms with Crippen molar-refractivity contribution < 1.29 is 19.4 Å². The molecular formula is C37H46N6O4. The average Bonchev–Trinajstić information content (AvgIpc) is 3.74. The molecule has 0 spiro atoms. The summed E-state index contributed by atoms with van der Waals surface area (Å²) in [5.74, 6) is 1.83. The Morgan fingerprint density at radius 3 is 2.51 bits per heavy atom. The van der Waals surface area contributed by atoms with Gasteiger partial charge in [0.1, 0.15) is 17.0 Å². The molecule has 0 radical (unpaired) electrons. The molecule has 8 rings (SSSR count). The zero-order chi connectivity index (χ0) is 32.4. The van der Waals surface area contributed by atoms with Crippen molar-refractivity contribution in [1.82, 2.24) is 24.0 Å². The van der Waals surface area contributed by atoms with E-state index in [-0.39, 0.29) is 29.9 Å². The quantitative estimate of drug-likeness (QED) is 0.303. The van der Waals surface area contributed by atoms with E-state index in [1.807, 2.05) is 26.6 Å². The molecule has 4 aromatic rings. The smallest absolute Gasteiger partial charge is 0.255 e. The number of nitrogens with two attached hydrogens (primary N) is 1. The van der Waals surface area contributed by atoms with Crippen LogP contribution in [0.4, 0.5) is 0 Å². The lowest BCUT2D eigenvalue weighted by Gasteiger charge is -2.38. The van der Waals surface area contributed by atoms with Crippen molar-refractivity contribution in [2.24, 2.45) is 17.6 Å². The number of nitrogens with zero attached hydrogens (tertiary/aromatic N) is 5. The van der Waals surface area contributed by atoms with E-state index in [4.69, 9.17) is 15.6 Å². The van der Waals surface area contributed by atoms with Gasteiger partial charge in [-0.2, -0.15) is 5.10 Å². The van der Waals surface area contributed by atoms with E-state index in [2.05, 4.69) is 35.8 Å².